The van der Waals surface area contributed by atoms with Crippen LogP contribution in [0.1, 0.15) is 31.8 Å². The van der Waals surface area contributed by atoms with Crippen molar-refractivity contribution < 1.29 is 14.4 Å². The third-order valence-corrected chi connectivity index (χ3v) is 5.36. The summed E-state index contributed by atoms with van der Waals surface area (Å²) in [6, 6.07) is 34.1. The maximum atomic E-state index is 13.3. The number of hydrogen-bond donors (Lipinski definition) is 3. The van der Waals surface area contributed by atoms with Crippen LogP contribution in [-0.4, -0.2) is 17.7 Å². The number of rotatable bonds is 8. The van der Waals surface area contributed by atoms with Gasteiger partial charge in [-0.15, -0.1) is 0 Å². The SMILES string of the molecule is O=C(Nc1ccccc1C(=O)NCc1ccccc1)/C(=C/c1ccccc1)NC(=O)c1ccccc1. The first kappa shape index (κ1) is 24.2. The highest BCUT2D eigenvalue weighted by atomic mass is 16.2. The van der Waals surface area contributed by atoms with Crippen LogP contribution in [0, 0.1) is 0 Å². The molecule has 4 aromatic carbocycles. The Morgan fingerprint density at radius 1 is 0.639 bits per heavy atom. The summed E-state index contributed by atoms with van der Waals surface area (Å²) in [5.41, 5.74) is 2.82. The molecule has 0 radical (unpaired) electrons. The molecule has 0 spiro atoms. The van der Waals surface area contributed by atoms with E-state index >= 15 is 0 Å². The lowest BCUT2D eigenvalue weighted by Crippen LogP contribution is -2.31. The molecule has 4 aromatic rings. The fourth-order valence-electron chi connectivity index (χ4n) is 3.51. The predicted octanol–water partition coefficient (Wildman–Crippen LogP) is 5.03. The van der Waals surface area contributed by atoms with E-state index in [4.69, 9.17) is 0 Å². The Bertz CT molecular complexity index is 1370. The first-order valence-corrected chi connectivity index (χ1v) is 11.5. The number of para-hydroxylation sites is 1. The summed E-state index contributed by atoms with van der Waals surface area (Å²) in [7, 11) is 0. The highest BCUT2D eigenvalue weighted by Crippen LogP contribution is 2.17. The van der Waals surface area contributed by atoms with Crippen LogP contribution in [0.15, 0.2) is 121 Å². The molecule has 6 nitrogen and oxygen atoms in total. The fourth-order valence-corrected chi connectivity index (χ4v) is 3.51. The number of carbonyl (C=O) groups is 3. The van der Waals surface area contributed by atoms with E-state index in [0.29, 0.717) is 23.4 Å². The third-order valence-electron chi connectivity index (χ3n) is 5.36. The van der Waals surface area contributed by atoms with Gasteiger partial charge in [-0.05, 0) is 41.5 Å². The summed E-state index contributed by atoms with van der Waals surface area (Å²) >= 11 is 0. The van der Waals surface area contributed by atoms with Crippen LogP contribution in [0.3, 0.4) is 0 Å². The van der Waals surface area contributed by atoms with E-state index in [1.54, 1.807) is 54.6 Å². The predicted molar refractivity (Wildman–Crippen MR) is 141 cm³/mol. The number of amides is 3. The first-order chi connectivity index (χ1) is 17.6. The summed E-state index contributed by atoms with van der Waals surface area (Å²) in [4.78, 5) is 39.0. The molecule has 0 aliphatic rings. The maximum absolute atomic E-state index is 13.3. The normalized spacial score (nSPS) is 10.8. The largest absolute Gasteiger partial charge is 0.348 e. The van der Waals surface area contributed by atoms with Gasteiger partial charge in [0.05, 0.1) is 11.3 Å². The van der Waals surface area contributed by atoms with E-state index in [1.165, 1.54) is 0 Å². The Labute approximate surface area is 209 Å². The monoisotopic (exact) mass is 475 g/mol. The minimum absolute atomic E-state index is 0.0505. The molecule has 0 heterocycles. The number of hydrogen-bond acceptors (Lipinski definition) is 3. The van der Waals surface area contributed by atoms with Gasteiger partial charge >= 0.3 is 0 Å². The molecular weight excluding hydrogens is 450 g/mol. The van der Waals surface area contributed by atoms with Gasteiger partial charge in [0.1, 0.15) is 5.70 Å². The standard InChI is InChI=1S/C30H25N3O3/c34-28(24-16-8-3-9-17-24)33-27(20-22-12-4-1-5-13-22)30(36)32-26-19-11-10-18-25(26)29(35)31-21-23-14-6-2-7-15-23/h1-20H,21H2,(H,31,35)(H,32,36)(H,33,34)/b27-20-. The lowest BCUT2D eigenvalue weighted by molar-refractivity contribution is -0.113. The van der Waals surface area contributed by atoms with Gasteiger partial charge in [-0.25, -0.2) is 0 Å². The van der Waals surface area contributed by atoms with Crippen LogP contribution in [0.5, 0.6) is 0 Å². The second kappa shape index (κ2) is 11.9. The van der Waals surface area contributed by atoms with E-state index in [2.05, 4.69) is 16.0 Å². The summed E-state index contributed by atoms with van der Waals surface area (Å²) in [5, 5.41) is 8.37. The van der Waals surface area contributed by atoms with Crippen LogP contribution in [-0.2, 0) is 11.3 Å². The van der Waals surface area contributed by atoms with Crippen molar-refractivity contribution in [3.8, 4) is 0 Å². The van der Waals surface area contributed by atoms with Crippen molar-refractivity contribution in [3.63, 3.8) is 0 Å². The molecule has 178 valence electrons. The van der Waals surface area contributed by atoms with Gasteiger partial charge in [-0.1, -0.05) is 91.0 Å². The maximum Gasteiger partial charge on any atom is 0.272 e. The second-order valence-electron chi connectivity index (χ2n) is 7.96. The molecular formula is C30H25N3O3. The Morgan fingerprint density at radius 3 is 1.92 bits per heavy atom. The van der Waals surface area contributed by atoms with Gasteiger partial charge in [-0.2, -0.15) is 0 Å². The summed E-state index contributed by atoms with van der Waals surface area (Å²) < 4.78 is 0. The highest BCUT2D eigenvalue weighted by Gasteiger charge is 2.18. The Kier molecular flexibility index (Phi) is 8.02. The van der Waals surface area contributed by atoms with Crippen LogP contribution in [0.2, 0.25) is 0 Å². The minimum atomic E-state index is -0.550. The molecule has 0 bridgehead atoms. The molecule has 0 aromatic heterocycles. The molecule has 3 amide bonds. The summed E-state index contributed by atoms with van der Waals surface area (Å²) in [5.74, 6) is -1.29. The smallest absolute Gasteiger partial charge is 0.272 e. The molecule has 4 rings (SSSR count). The molecule has 0 aliphatic carbocycles. The van der Waals surface area contributed by atoms with E-state index < -0.39 is 11.8 Å². The zero-order chi connectivity index (χ0) is 25.2. The zero-order valence-electron chi connectivity index (χ0n) is 19.5. The topological polar surface area (TPSA) is 87.3 Å². The Morgan fingerprint density at radius 2 is 1.22 bits per heavy atom. The molecule has 6 heteroatoms. The van der Waals surface area contributed by atoms with E-state index in [1.807, 2.05) is 66.7 Å². The van der Waals surface area contributed by atoms with Crippen molar-refractivity contribution >= 4 is 29.5 Å². The average molecular weight is 476 g/mol. The lowest BCUT2D eigenvalue weighted by Gasteiger charge is -2.14. The number of carbonyl (C=O) groups excluding carboxylic acids is 3. The summed E-state index contributed by atoms with van der Waals surface area (Å²) in [6.45, 7) is 0.355. The van der Waals surface area contributed by atoms with Crippen LogP contribution in [0.4, 0.5) is 5.69 Å². The van der Waals surface area contributed by atoms with E-state index in [0.717, 1.165) is 11.1 Å². The van der Waals surface area contributed by atoms with Gasteiger partial charge in [0.2, 0.25) is 0 Å². The van der Waals surface area contributed by atoms with E-state index in [-0.39, 0.29) is 11.6 Å². The van der Waals surface area contributed by atoms with Crippen molar-refractivity contribution in [1.29, 1.82) is 0 Å². The molecule has 3 N–H and O–H groups in total. The van der Waals surface area contributed by atoms with Crippen molar-refractivity contribution in [2.75, 3.05) is 5.32 Å². The average Bonchev–Trinajstić information content (AvgIpc) is 2.93. The van der Waals surface area contributed by atoms with Gasteiger partial charge in [0.15, 0.2) is 0 Å². The second-order valence-corrected chi connectivity index (χ2v) is 7.96. The molecule has 0 aliphatic heterocycles. The Balaban J connectivity index is 1.55. The first-order valence-electron chi connectivity index (χ1n) is 11.5. The van der Waals surface area contributed by atoms with Gasteiger partial charge in [0, 0.05) is 12.1 Å². The quantitative estimate of drug-likeness (QED) is 0.313. The zero-order valence-corrected chi connectivity index (χ0v) is 19.5. The molecule has 0 saturated heterocycles. The lowest BCUT2D eigenvalue weighted by atomic mass is 10.1. The third kappa shape index (κ3) is 6.55. The van der Waals surface area contributed by atoms with Gasteiger partial charge in [-0.3, -0.25) is 14.4 Å². The number of nitrogens with one attached hydrogen (secondary N) is 3. The molecule has 36 heavy (non-hydrogen) atoms. The van der Waals surface area contributed by atoms with Crippen molar-refractivity contribution in [3.05, 3.63) is 143 Å². The van der Waals surface area contributed by atoms with Crippen LogP contribution >= 0.6 is 0 Å². The summed E-state index contributed by atoms with van der Waals surface area (Å²) in [6.07, 6.45) is 1.59. The van der Waals surface area contributed by atoms with Gasteiger partial charge in [0.25, 0.3) is 17.7 Å². The molecule has 0 unspecified atom stereocenters. The van der Waals surface area contributed by atoms with Gasteiger partial charge < -0.3 is 16.0 Å². The van der Waals surface area contributed by atoms with Crippen molar-refractivity contribution in [2.45, 2.75) is 6.54 Å². The minimum Gasteiger partial charge on any atom is -0.348 e. The number of benzene rings is 4. The molecule has 0 fully saturated rings. The van der Waals surface area contributed by atoms with Crippen molar-refractivity contribution in [1.82, 2.24) is 10.6 Å². The highest BCUT2D eigenvalue weighted by molar-refractivity contribution is 6.13. The molecule has 0 atom stereocenters. The number of anilines is 1. The fraction of sp³-hybridized carbons (Fsp3) is 0.0333. The van der Waals surface area contributed by atoms with Crippen molar-refractivity contribution in [2.24, 2.45) is 0 Å². The van der Waals surface area contributed by atoms with Crippen LogP contribution in [0.25, 0.3) is 6.08 Å². The molecule has 0 saturated carbocycles. The van der Waals surface area contributed by atoms with Crippen LogP contribution < -0.4 is 16.0 Å². The van der Waals surface area contributed by atoms with E-state index in [9.17, 15) is 14.4 Å². The Hall–Kier alpha value is -4.97.